The van der Waals surface area contributed by atoms with E-state index >= 15 is 0 Å². The van der Waals surface area contributed by atoms with Crippen LogP contribution in [0.5, 0.6) is 0 Å². The molecule has 0 amide bonds. The van der Waals surface area contributed by atoms with Gasteiger partial charge in [0, 0.05) is 5.02 Å². The van der Waals surface area contributed by atoms with Crippen LogP contribution < -0.4 is 4.72 Å². The fourth-order valence-corrected chi connectivity index (χ4v) is 3.92. The lowest BCUT2D eigenvalue weighted by Crippen LogP contribution is -2.11. The molecule has 0 saturated carbocycles. The maximum absolute atomic E-state index is 11.9. The third kappa shape index (κ3) is 3.13. The van der Waals surface area contributed by atoms with Crippen LogP contribution in [0, 0.1) is 0 Å². The lowest BCUT2D eigenvalue weighted by Gasteiger charge is -2.05. The van der Waals surface area contributed by atoms with Crippen LogP contribution in [-0.4, -0.2) is 8.42 Å². The Morgan fingerprint density at radius 1 is 1.12 bits per heavy atom. The van der Waals surface area contributed by atoms with Crippen molar-refractivity contribution in [2.45, 2.75) is 4.21 Å². The van der Waals surface area contributed by atoms with Crippen molar-refractivity contribution in [3.05, 3.63) is 45.8 Å². The van der Waals surface area contributed by atoms with Crippen LogP contribution in [-0.2, 0) is 10.0 Å². The smallest absolute Gasteiger partial charge is 0.271 e. The molecule has 0 bridgehead atoms. The van der Waals surface area contributed by atoms with E-state index in [4.69, 9.17) is 23.2 Å². The third-order valence-electron chi connectivity index (χ3n) is 1.89. The maximum Gasteiger partial charge on any atom is 0.271 e. The predicted molar refractivity (Wildman–Crippen MR) is 71.6 cm³/mol. The van der Waals surface area contributed by atoms with Crippen molar-refractivity contribution < 1.29 is 8.42 Å². The first-order valence-corrected chi connectivity index (χ1v) is 7.57. The molecule has 17 heavy (non-hydrogen) atoms. The highest BCUT2D eigenvalue weighted by molar-refractivity contribution is 7.94. The first kappa shape index (κ1) is 12.7. The monoisotopic (exact) mass is 307 g/mol. The second-order valence-electron chi connectivity index (χ2n) is 3.17. The van der Waals surface area contributed by atoms with Crippen molar-refractivity contribution in [3.8, 4) is 0 Å². The molecule has 2 aromatic rings. The molecule has 0 unspecified atom stereocenters. The molecule has 0 saturated heterocycles. The van der Waals surface area contributed by atoms with Gasteiger partial charge in [-0.3, -0.25) is 4.72 Å². The van der Waals surface area contributed by atoms with Crippen LogP contribution in [0.2, 0.25) is 9.36 Å². The third-order valence-corrected chi connectivity index (χ3v) is 5.23. The van der Waals surface area contributed by atoms with Crippen molar-refractivity contribution in [1.29, 1.82) is 0 Å². The average Bonchev–Trinajstić information content (AvgIpc) is 2.65. The molecule has 0 aliphatic heterocycles. The van der Waals surface area contributed by atoms with E-state index in [9.17, 15) is 8.42 Å². The largest absolute Gasteiger partial charge is 0.279 e. The summed E-state index contributed by atoms with van der Waals surface area (Å²) in [6.45, 7) is 0. The van der Waals surface area contributed by atoms with Gasteiger partial charge in [0.05, 0.1) is 10.0 Å². The Kier molecular flexibility index (Phi) is 3.63. The normalized spacial score (nSPS) is 11.4. The van der Waals surface area contributed by atoms with E-state index in [1.54, 1.807) is 24.3 Å². The molecule has 1 heterocycles. The second kappa shape index (κ2) is 4.86. The van der Waals surface area contributed by atoms with Gasteiger partial charge in [0.15, 0.2) is 0 Å². The van der Waals surface area contributed by atoms with Gasteiger partial charge >= 0.3 is 0 Å². The van der Waals surface area contributed by atoms with Gasteiger partial charge in [-0.25, -0.2) is 8.42 Å². The van der Waals surface area contributed by atoms with E-state index in [-0.39, 0.29) is 4.21 Å². The molecule has 0 fully saturated rings. The Morgan fingerprint density at radius 3 is 2.47 bits per heavy atom. The number of halogens is 2. The minimum absolute atomic E-state index is 0.169. The van der Waals surface area contributed by atoms with Gasteiger partial charge in [0.25, 0.3) is 10.0 Å². The van der Waals surface area contributed by atoms with E-state index < -0.39 is 10.0 Å². The molecule has 1 aromatic carbocycles. The molecule has 0 spiro atoms. The summed E-state index contributed by atoms with van der Waals surface area (Å²) in [5.41, 5.74) is 0.419. The van der Waals surface area contributed by atoms with Gasteiger partial charge in [-0.05, 0) is 30.3 Å². The number of hydrogen-bond acceptors (Lipinski definition) is 3. The zero-order valence-electron chi connectivity index (χ0n) is 8.35. The Morgan fingerprint density at radius 2 is 1.88 bits per heavy atom. The van der Waals surface area contributed by atoms with E-state index in [2.05, 4.69) is 4.72 Å². The van der Waals surface area contributed by atoms with Crippen LogP contribution in [0.15, 0.2) is 40.6 Å². The molecule has 1 aromatic heterocycles. The van der Waals surface area contributed by atoms with Crippen molar-refractivity contribution in [2.24, 2.45) is 0 Å². The first-order chi connectivity index (χ1) is 7.97. The van der Waals surface area contributed by atoms with Gasteiger partial charge < -0.3 is 0 Å². The molecule has 1 N–H and O–H groups in total. The Hall–Kier alpha value is -0.750. The number of anilines is 1. The summed E-state index contributed by atoms with van der Waals surface area (Å²) < 4.78 is 26.9. The molecule has 7 heteroatoms. The highest BCUT2D eigenvalue weighted by Crippen LogP contribution is 2.27. The molecule has 0 aliphatic rings. The topological polar surface area (TPSA) is 46.2 Å². The minimum atomic E-state index is -3.58. The molecule has 2 rings (SSSR count). The van der Waals surface area contributed by atoms with Crippen LogP contribution in [0.3, 0.4) is 0 Å². The SMILES string of the molecule is O=S(=O)(Nc1cccc(Cl)c1)c1ccc(Cl)s1. The van der Waals surface area contributed by atoms with Gasteiger partial charge in [0.1, 0.15) is 4.21 Å². The number of thiophene rings is 1. The van der Waals surface area contributed by atoms with Crippen LogP contribution >= 0.6 is 34.5 Å². The summed E-state index contributed by atoms with van der Waals surface area (Å²) in [6.07, 6.45) is 0. The van der Waals surface area contributed by atoms with Crippen molar-refractivity contribution in [3.63, 3.8) is 0 Å². The number of hydrogen-bond donors (Lipinski definition) is 1. The lowest BCUT2D eigenvalue weighted by molar-refractivity contribution is 0.603. The molecule has 3 nitrogen and oxygen atoms in total. The predicted octanol–water partition coefficient (Wildman–Crippen LogP) is 3.86. The van der Waals surface area contributed by atoms with E-state index in [1.807, 2.05) is 0 Å². The molecular formula is C10H7Cl2NO2S2. The number of rotatable bonds is 3. The fraction of sp³-hybridized carbons (Fsp3) is 0. The maximum atomic E-state index is 11.9. The Balaban J connectivity index is 2.29. The Labute approximate surface area is 113 Å². The van der Waals surface area contributed by atoms with E-state index in [0.717, 1.165) is 11.3 Å². The van der Waals surface area contributed by atoms with Crippen LogP contribution in [0.4, 0.5) is 5.69 Å². The van der Waals surface area contributed by atoms with Gasteiger partial charge in [0.2, 0.25) is 0 Å². The molecular weight excluding hydrogens is 301 g/mol. The highest BCUT2D eigenvalue weighted by Gasteiger charge is 2.16. The summed E-state index contributed by atoms with van der Waals surface area (Å²) in [7, 11) is -3.58. The molecule has 0 aliphatic carbocycles. The van der Waals surface area contributed by atoms with Crippen LogP contribution in [0.1, 0.15) is 0 Å². The Bertz CT molecular complexity index is 637. The average molecular weight is 308 g/mol. The molecule has 0 radical (unpaired) electrons. The number of sulfonamides is 1. The van der Waals surface area contributed by atoms with Gasteiger partial charge in [-0.2, -0.15) is 0 Å². The quantitative estimate of drug-likeness (QED) is 0.936. The fourth-order valence-electron chi connectivity index (χ4n) is 1.20. The standard InChI is InChI=1S/C10H7Cl2NO2S2/c11-7-2-1-3-8(6-7)13-17(14,15)10-5-4-9(12)16-10/h1-6,13H. The van der Waals surface area contributed by atoms with E-state index in [1.165, 1.54) is 12.1 Å². The second-order valence-corrected chi connectivity index (χ2v) is 7.24. The van der Waals surface area contributed by atoms with Gasteiger partial charge in [-0.15, -0.1) is 11.3 Å². The highest BCUT2D eigenvalue weighted by atomic mass is 35.5. The summed E-state index contributed by atoms with van der Waals surface area (Å²) in [5, 5.41) is 0.467. The zero-order chi connectivity index (χ0) is 12.5. The molecule has 90 valence electrons. The molecule has 0 atom stereocenters. The van der Waals surface area contributed by atoms with Crippen molar-refractivity contribution in [1.82, 2.24) is 0 Å². The van der Waals surface area contributed by atoms with Gasteiger partial charge in [-0.1, -0.05) is 29.3 Å². The number of benzene rings is 1. The lowest BCUT2D eigenvalue weighted by atomic mass is 10.3. The van der Waals surface area contributed by atoms with E-state index in [0.29, 0.717) is 15.0 Å². The summed E-state index contributed by atoms with van der Waals surface area (Å²) >= 11 is 12.5. The summed E-state index contributed by atoms with van der Waals surface area (Å²) in [4.78, 5) is 0. The summed E-state index contributed by atoms with van der Waals surface area (Å²) in [6, 6.07) is 9.49. The zero-order valence-corrected chi connectivity index (χ0v) is 11.5. The number of nitrogens with one attached hydrogen (secondary N) is 1. The van der Waals surface area contributed by atoms with Crippen molar-refractivity contribution >= 4 is 50.2 Å². The first-order valence-electron chi connectivity index (χ1n) is 4.51. The minimum Gasteiger partial charge on any atom is -0.279 e. The van der Waals surface area contributed by atoms with Crippen molar-refractivity contribution in [2.75, 3.05) is 4.72 Å². The van der Waals surface area contributed by atoms with Crippen LogP contribution in [0.25, 0.3) is 0 Å². The summed E-state index contributed by atoms with van der Waals surface area (Å²) in [5.74, 6) is 0.